The van der Waals surface area contributed by atoms with Gasteiger partial charge in [-0.1, -0.05) is 18.2 Å². The molecule has 112 valence electrons. The molecule has 1 saturated heterocycles. The van der Waals surface area contributed by atoms with Crippen LogP contribution in [-0.2, 0) is 0 Å². The third kappa shape index (κ3) is 3.22. The van der Waals surface area contributed by atoms with E-state index in [1.165, 1.54) is 29.5 Å². The number of nitrogens with zero attached hydrogens (tertiary/aromatic N) is 2. The second-order valence-electron chi connectivity index (χ2n) is 6.29. The van der Waals surface area contributed by atoms with E-state index in [2.05, 4.69) is 55.9 Å². The number of aryl methyl sites for hydroxylation is 2. The Kier molecular flexibility index (Phi) is 5.19. The van der Waals surface area contributed by atoms with Crippen LogP contribution >= 0.6 is 0 Å². The second-order valence-corrected chi connectivity index (χ2v) is 6.29. The van der Waals surface area contributed by atoms with Crippen molar-refractivity contribution in [3.63, 3.8) is 0 Å². The number of hydrogen-bond acceptors (Lipinski definition) is 3. The van der Waals surface area contributed by atoms with Gasteiger partial charge in [0.2, 0.25) is 0 Å². The quantitative estimate of drug-likeness (QED) is 0.915. The van der Waals surface area contributed by atoms with Crippen LogP contribution in [-0.4, -0.2) is 49.6 Å². The van der Waals surface area contributed by atoms with E-state index in [0.717, 1.165) is 19.1 Å². The first kappa shape index (κ1) is 15.5. The topological polar surface area (TPSA) is 32.5 Å². The molecule has 0 aromatic heterocycles. The molecule has 1 atom stereocenters. The fraction of sp³-hybridized carbons (Fsp3) is 0.647. The number of benzene rings is 1. The Morgan fingerprint density at radius 1 is 1.20 bits per heavy atom. The van der Waals surface area contributed by atoms with Gasteiger partial charge in [0.25, 0.3) is 0 Å². The molecule has 1 fully saturated rings. The van der Waals surface area contributed by atoms with E-state index in [1.807, 2.05) is 0 Å². The van der Waals surface area contributed by atoms with Crippen LogP contribution in [0.15, 0.2) is 18.2 Å². The molecule has 0 bridgehead atoms. The van der Waals surface area contributed by atoms with Crippen LogP contribution < -0.4 is 5.73 Å². The zero-order valence-corrected chi connectivity index (χ0v) is 13.4. The smallest absolute Gasteiger partial charge is 0.0475 e. The summed E-state index contributed by atoms with van der Waals surface area (Å²) in [7, 11) is 4.37. The lowest BCUT2D eigenvalue weighted by Gasteiger charge is -2.40. The van der Waals surface area contributed by atoms with Gasteiger partial charge in [0, 0.05) is 31.7 Å². The lowest BCUT2D eigenvalue weighted by Crippen LogP contribution is -2.45. The maximum Gasteiger partial charge on any atom is 0.0475 e. The van der Waals surface area contributed by atoms with Crippen molar-refractivity contribution in [1.82, 2.24) is 9.80 Å². The maximum atomic E-state index is 6.12. The van der Waals surface area contributed by atoms with Crippen molar-refractivity contribution >= 4 is 0 Å². The summed E-state index contributed by atoms with van der Waals surface area (Å²) in [6.07, 6.45) is 2.49. The predicted molar refractivity (Wildman–Crippen MR) is 86.0 cm³/mol. The summed E-state index contributed by atoms with van der Waals surface area (Å²) in [6, 6.07) is 7.65. The van der Waals surface area contributed by atoms with Crippen molar-refractivity contribution in [2.45, 2.75) is 38.8 Å². The largest absolute Gasteiger partial charge is 0.329 e. The van der Waals surface area contributed by atoms with Crippen LogP contribution in [0.1, 0.15) is 35.6 Å². The normalized spacial score (nSPS) is 19.5. The highest BCUT2D eigenvalue weighted by atomic mass is 15.2. The van der Waals surface area contributed by atoms with Crippen LogP contribution in [0.5, 0.6) is 0 Å². The summed E-state index contributed by atoms with van der Waals surface area (Å²) in [4.78, 5) is 4.93. The third-order valence-corrected chi connectivity index (χ3v) is 4.77. The molecule has 3 heteroatoms. The Morgan fingerprint density at radius 2 is 1.75 bits per heavy atom. The first-order chi connectivity index (χ1) is 9.54. The van der Waals surface area contributed by atoms with Gasteiger partial charge in [0.1, 0.15) is 0 Å². The van der Waals surface area contributed by atoms with Crippen molar-refractivity contribution in [2.24, 2.45) is 5.73 Å². The highest BCUT2D eigenvalue weighted by molar-refractivity contribution is 5.36. The van der Waals surface area contributed by atoms with Gasteiger partial charge < -0.3 is 10.6 Å². The Bertz CT molecular complexity index is 414. The molecule has 2 rings (SSSR count). The number of rotatable bonds is 4. The van der Waals surface area contributed by atoms with Crippen molar-refractivity contribution in [2.75, 3.05) is 33.7 Å². The van der Waals surface area contributed by atoms with Crippen LogP contribution in [0.3, 0.4) is 0 Å². The van der Waals surface area contributed by atoms with Crippen molar-refractivity contribution in [1.29, 1.82) is 0 Å². The molecule has 1 aromatic rings. The van der Waals surface area contributed by atoms with E-state index in [-0.39, 0.29) is 0 Å². The minimum atomic E-state index is 0.374. The minimum absolute atomic E-state index is 0.374. The highest BCUT2D eigenvalue weighted by Crippen LogP contribution is 2.29. The van der Waals surface area contributed by atoms with Crippen LogP contribution in [0.4, 0.5) is 0 Å². The van der Waals surface area contributed by atoms with Crippen LogP contribution in [0, 0.1) is 13.8 Å². The first-order valence-electron chi connectivity index (χ1n) is 7.71. The predicted octanol–water partition coefficient (Wildman–Crippen LogP) is 2.33. The average molecular weight is 275 g/mol. The van der Waals surface area contributed by atoms with Gasteiger partial charge in [-0.3, -0.25) is 4.90 Å². The molecule has 3 nitrogen and oxygen atoms in total. The fourth-order valence-electron chi connectivity index (χ4n) is 3.52. The van der Waals surface area contributed by atoms with Crippen molar-refractivity contribution < 1.29 is 0 Å². The summed E-state index contributed by atoms with van der Waals surface area (Å²) in [5.74, 6) is 0. The summed E-state index contributed by atoms with van der Waals surface area (Å²) in [5.41, 5.74) is 10.3. The zero-order chi connectivity index (χ0) is 14.7. The van der Waals surface area contributed by atoms with Gasteiger partial charge in [-0.05, 0) is 57.5 Å². The summed E-state index contributed by atoms with van der Waals surface area (Å²) in [5, 5.41) is 0. The molecular weight excluding hydrogens is 246 g/mol. The molecule has 0 radical (unpaired) electrons. The summed E-state index contributed by atoms with van der Waals surface area (Å²) in [6.45, 7) is 7.42. The summed E-state index contributed by atoms with van der Waals surface area (Å²) >= 11 is 0. The van der Waals surface area contributed by atoms with Gasteiger partial charge in [-0.2, -0.15) is 0 Å². The van der Waals surface area contributed by atoms with Crippen LogP contribution in [0.2, 0.25) is 0 Å². The van der Waals surface area contributed by atoms with E-state index < -0.39 is 0 Å². The summed E-state index contributed by atoms with van der Waals surface area (Å²) < 4.78 is 0. The maximum absolute atomic E-state index is 6.12. The molecule has 1 aliphatic heterocycles. The van der Waals surface area contributed by atoms with Gasteiger partial charge >= 0.3 is 0 Å². The van der Waals surface area contributed by atoms with Gasteiger partial charge in [-0.15, -0.1) is 0 Å². The van der Waals surface area contributed by atoms with Gasteiger partial charge in [0.15, 0.2) is 0 Å². The monoisotopic (exact) mass is 275 g/mol. The lowest BCUT2D eigenvalue weighted by atomic mass is 9.93. The number of hydrogen-bond donors (Lipinski definition) is 1. The Labute approximate surface area is 123 Å². The van der Waals surface area contributed by atoms with Gasteiger partial charge in [0.05, 0.1) is 0 Å². The molecule has 20 heavy (non-hydrogen) atoms. The second kappa shape index (κ2) is 6.70. The van der Waals surface area contributed by atoms with E-state index in [0.29, 0.717) is 12.6 Å². The minimum Gasteiger partial charge on any atom is -0.329 e. The SMILES string of the molecule is Cc1cccc(C)c1C(CN)N1CCC(N(C)C)CC1. The van der Waals surface area contributed by atoms with E-state index >= 15 is 0 Å². The lowest BCUT2D eigenvalue weighted by molar-refractivity contribution is 0.110. The molecule has 0 amide bonds. The molecule has 1 unspecified atom stereocenters. The molecule has 0 saturated carbocycles. The molecular formula is C17H29N3. The standard InChI is InChI=1S/C17H29N3/c1-13-6-5-7-14(2)17(13)16(12-18)20-10-8-15(9-11-20)19(3)4/h5-7,15-16H,8-12,18H2,1-4H3. The molecule has 1 aromatic carbocycles. The average Bonchev–Trinajstić information content (AvgIpc) is 2.43. The highest BCUT2D eigenvalue weighted by Gasteiger charge is 2.27. The van der Waals surface area contributed by atoms with Gasteiger partial charge in [-0.25, -0.2) is 0 Å². The zero-order valence-electron chi connectivity index (χ0n) is 13.4. The van der Waals surface area contributed by atoms with Crippen LogP contribution in [0.25, 0.3) is 0 Å². The van der Waals surface area contributed by atoms with Crippen molar-refractivity contribution in [3.8, 4) is 0 Å². The number of likely N-dealkylation sites (tertiary alicyclic amines) is 1. The molecule has 2 N–H and O–H groups in total. The number of piperidine rings is 1. The first-order valence-corrected chi connectivity index (χ1v) is 7.71. The van der Waals surface area contributed by atoms with Crippen molar-refractivity contribution in [3.05, 3.63) is 34.9 Å². The molecule has 1 aliphatic rings. The molecule has 0 spiro atoms. The third-order valence-electron chi connectivity index (χ3n) is 4.77. The van der Waals surface area contributed by atoms with E-state index in [9.17, 15) is 0 Å². The van der Waals surface area contributed by atoms with E-state index in [1.54, 1.807) is 0 Å². The van der Waals surface area contributed by atoms with E-state index in [4.69, 9.17) is 5.73 Å². The Morgan fingerprint density at radius 3 is 2.20 bits per heavy atom. The molecule has 0 aliphatic carbocycles. The fourth-order valence-corrected chi connectivity index (χ4v) is 3.52. The Balaban J connectivity index is 2.14. The molecule has 1 heterocycles. The number of nitrogens with two attached hydrogens (primary N) is 1. The Hall–Kier alpha value is -0.900.